The van der Waals surface area contributed by atoms with Gasteiger partial charge in [0.1, 0.15) is 36.3 Å². The molecular weight excluding hydrogens is 717 g/mol. The molecule has 0 aromatic heterocycles. The summed E-state index contributed by atoms with van der Waals surface area (Å²) in [5, 5.41) is 10.7. The van der Waals surface area contributed by atoms with Gasteiger partial charge in [-0.15, -0.1) is 0 Å². The Morgan fingerprint density at radius 3 is 1.53 bits per heavy atom. The number of benzene rings is 6. The number of ether oxygens (including phenoxy) is 6. The standard InChI is InChI=1S/C49H48O8/c1-52-41-25-22-35(23-26-41)28-40-24-27-42(49(50)51)43(29-40)45-47(55-32-38-18-10-4-11-19-38)48(56-33-39-20-12-5-13-21-39)46(54-31-37-16-8-3-9-17-37)44(57-45)34-53-30-36-14-6-2-7-15-36/h2-27,29,44-48H,28,30-34H2,1H3,(H,50,51)/t44-,45+,46-,47+,48+/m1/s1. The number of rotatable bonds is 18. The Balaban J connectivity index is 1.30. The van der Waals surface area contributed by atoms with Crippen molar-refractivity contribution in [1.29, 1.82) is 0 Å². The van der Waals surface area contributed by atoms with Crippen molar-refractivity contribution in [1.82, 2.24) is 0 Å². The number of aromatic carboxylic acids is 1. The van der Waals surface area contributed by atoms with Gasteiger partial charge in [-0.2, -0.15) is 0 Å². The third-order valence-corrected chi connectivity index (χ3v) is 10.1. The summed E-state index contributed by atoms with van der Waals surface area (Å²) >= 11 is 0. The van der Waals surface area contributed by atoms with Crippen molar-refractivity contribution in [2.75, 3.05) is 13.7 Å². The Morgan fingerprint density at radius 2 is 1.02 bits per heavy atom. The van der Waals surface area contributed by atoms with Gasteiger partial charge in [0.25, 0.3) is 0 Å². The predicted octanol–water partition coefficient (Wildman–Crippen LogP) is 9.40. The van der Waals surface area contributed by atoms with Crippen molar-refractivity contribution in [2.45, 2.75) is 63.4 Å². The minimum atomic E-state index is -1.06. The monoisotopic (exact) mass is 764 g/mol. The maximum absolute atomic E-state index is 13.0. The third-order valence-electron chi connectivity index (χ3n) is 10.1. The van der Waals surface area contributed by atoms with Crippen LogP contribution < -0.4 is 4.74 Å². The van der Waals surface area contributed by atoms with Crippen LogP contribution in [0.5, 0.6) is 5.75 Å². The molecule has 1 fully saturated rings. The second-order valence-electron chi connectivity index (χ2n) is 14.1. The van der Waals surface area contributed by atoms with Gasteiger partial charge in [-0.25, -0.2) is 4.79 Å². The zero-order valence-corrected chi connectivity index (χ0v) is 32.0. The third kappa shape index (κ3) is 10.8. The van der Waals surface area contributed by atoms with E-state index in [0.717, 1.165) is 39.1 Å². The number of carboxylic acids is 1. The Hall–Kier alpha value is -5.61. The normalized spacial score (nSPS) is 19.2. The molecule has 0 bridgehead atoms. The molecule has 1 heterocycles. The van der Waals surface area contributed by atoms with Crippen molar-refractivity contribution in [3.8, 4) is 5.75 Å². The zero-order chi connectivity index (χ0) is 39.2. The SMILES string of the molecule is COc1ccc(Cc2ccc(C(=O)O)c([C@@H]3O[C@H](COCc4ccccc4)[C@@H](OCc4ccccc4)[C@H](OCc4ccccc4)[C@H]3OCc3ccccc3)c2)cc1. The van der Waals surface area contributed by atoms with Gasteiger partial charge in [0.05, 0.1) is 45.7 Å². The van der Waals surface area contributed by atoms with E-state index in [1.165, 1.54) is 0 Å². The van der Waals surface area contributed by atoms with Gasteiger partial charge in [0.15, 0.2) is 0 Å². The fourth-order valence-corrected chi connectivity index (χ4v) is 7.17. The Labute approximate surface area is 334 Å². The van der Waals surface area contributed by atoms with Crippen LogP contribution in [0.3, 0.4) is 0 Å². The highest BCUT2D eigenvalue weighted by Gasteiger charge is 2.49. The van der Waals surface area contributed by atoms with Crippen LogP contribution >= 0.6 is 0 Å². The van der Waals surface area contributed by atoms with Crippen LogP contribution in [0, 0.1) is 0 Å². The average molecular weight is 765 g/mol. The molecule has 0 radical (unpaired) electrons. The van der Waals surface area contributed by atoms with Gasteiger partial charge in [-0.05, 0) is 63.6 Å². The number of hydrogen-bond acceptors (Lipinski definition) is 7. The van der Waals surface area contributed by atoms with E-state index in [1.807, 2.05) is 158 Å². The van der Waals surface area contributed by atoms with Gasteiger partial charge in [0, 0.05) is 0 Å². The minimum absolute atomic E-state index is 0.126. The molecule has 1 saturated heterocycles. The lowest BCUT2D eigenvalue weighted by Crippen LogP contribution is -2.58. The smallest absolute Gasteiger partial charge is 0.336 e. The van der Waals surface area contributed by atoms with E-state index >= 15 is 0 Å². The molecule has 8 heteroatoms. The number of carboxylic acid groups (broad SMARTS) is 1. The Morgan fingerprint density at radius 1 is 0.544 bits per heavy atom. The summed E-state index contributed by atoms with van der Waals surface area (Å²) in [5.74, 6) is -0.298. The first kappa shape index (κ1) is 39.6. The number of hydrogen-bond donors (Lipinski definition) is 1. The van der Waals surface area contributed by atoms with Gasteiger partial charge in [-0.3, -0.25) is 0 Å². The molecule has 57 heavy (non-hydrogen) atoms. The minimum Gasteiger partial charge on any atom is -0.497 e. The summed E-state index contributed by atoms with van der Waals surface area (Å²) < 4.78 is 39.4. The van der Waals surface area contributed by atoms with E-state index in [0.29, 0.717) is 25.2 Å². The predicted molar refractivity (Wildman–Crippen MR) is 218 cm³/mol. The van der Waals surface area contributed by atoms with Crippen LogP contribution in [0.1, 0.15) is 55.4 Å². The lowest BCUT2D eigenvalue weighted by molar-refractivity contribution is -0.275. The molecular formula is C49H48O8. The maximum Gasteiger partial charge on any atom is 0.336 e. The van der Waals surface area contributed by atoms with Crippen LogP contribution in [0.25, 0.3) is 0 Å². The summed E-state index contributed by atoms with van der Waals surface area (Å²) in [5.41, 5.74) is 6.55. The maximum atomic E-state index is 13.0. The summed E-state index contributed by atoms with van der Waals surface area (Å²) in [7, 11) is 1.64. The second kappa shape index (κ2) is 20.0. The molecule has 1 aliphatic rings. The lowest BCUT2D eigenvalue weighted by Gasteiger charge is -2.46. The van der Waals surface area contributed by atoms with Crippen molar-refractivity contribution in [2.24, 2.45) is 0 Å². The zero-order valence-electron chi connectivity index (χ0n) is 32.0. The summed E-state index contributed by atoms with van der Waals surface area (Å²) in [6.07, 6.45) is -3.09. The molecule has 0 spiro atoms. The fraction of sp³-hybridized carbons (Fsp3) is 0.245. The molecule has 8 nitrogen and oxygen atoms in total. The molecule has 1 N–H and O–H groups in total. The van der Waals surface area contributed by atoms with E-state index in [1.54, 1.807) is 13.2 Å². The first-order chi connectivity index (χ1) is 28.0. The summed E-state index contributed by atoms with van der Waals surface area (Å²) in [6, 6.07) is 53.1. The van der Waals surface area contributed by atoms with Gasteiger partial charge >= 0.3 is 5.97 Å². The molecule has 0 amide bonds. The van der Waals surface area contributed by atoms with Crippen molar-refractivity contribution >= 4 is 5.97 Å². The highest BCUT2D eigenvalue weighted by atomic mass is 16.6. The number of methoxy groups -OCH3 is 1. The van der Waals surface area contributed by atoms with Gasteiger partial charge in [-0.1, -0.05) is 146 Å². The van der Waals surface area contributed by atoms with E-state index in [2.05, 4.69) is 0 Å². The molecule has 0 aliphatic carbocycles. The molecule has 1 aliphatic heterocycles. The van der Waals surface area contributed by atoms with Crippen molar-refractivity contribution in [3.05, 3.63) is 208 Å². The molecule has 6 aromatic carbocycles. The number of carbonyl (C=O) groups is 1. The topological polar surface area (TPSA) is 92.7 Å². The molecule has 0 unspecified atom stereocenters. The highest BCUT2D eigenvalue weighted by Crippen LogP contribution is 2.40. The van der Waals surface area contributed by atoms with Crippen LogP contribution in [0.4, 0.5) is 0 Å². The molecule has 0 saturated carbocycles. The second-order valence-corrected chi connectivity index (χ2v) is 14.1. The van der Waals surface area contributed by atoms with Crippen LogP contribution in [-0.2, 0) is 56.5 Å². The van der Waals surface area contributed by atoms with Gasteiger partial charge < -0.3 is 33.5 Å². The van der Waals surface area contributed by atoms with Crippen molar-refractivity contribution < 1.29 is 38.3 Å². The lowest BCUT2D eigenvalue weighted by atomic mass is 9.87. The van der Waals surface area contributed by atoms with Gasteiger partial charge in [0.2, 0.25) is 0 Å². The van der Waals surface area contributed by atoms with E-state index in [4.69, 9.17) is 28.4 Å². The fourth-order valence-electron chi connectivity index (χ4n) is 7.17. The first-order valence-corrected chi connectivity index (χ1v) is 19.3. The van der Waals surface area contributed by atoms with Crippen molar-refractivity contribution in [3.63, 3.8) is 0 Å². The quantitative estimate of drug-likeness (QED) is 0.0926. The van der Waals surface area contributed by atoms with E-state index in [-0.39, 0.29) is 25.4 Å². The molecule has 5 atom stereocenters. The highest BCUT2D eigenvalue weighted by molar-refractivity contribution is 5.89. The first-order valence-electron chi connectivity index (χ1n) is 19.3. The van der Waals surface area contributed by atoms with Crippen LogP contribution in [0.15, 0.2) is 164 Å². The van der Waals surface area contributed by atoms with Crippen LogP contribution in [0.2, 0.25) is 0 Å². The summed E-state index contributed by atoms with van der Waals surface area (Å²) in [6.45, 7) is 1.33. The molecule has 292 valence electrons. The van der Waals surface area contributed by atoms with Crippen LogP contribution in [-0.4, -0.2) is 49.2 Å². The largest absolute Gasteiger partial charge is 0.497 e. The Bertz CT molecular complexity index is 2110. The Kier molecular flexibility index (Phi) is 13.9. The molecule has 6 aromatic rings. The molecule has 7 rings (SSSR count). The van der Waals surface area contributed by atoms with E-state index < -0.39 is 36.5 Å². The van der Waals surface area contributed by atoms with E-state index in [9.17, 15) is 9.90 Å². The average Bonchev–Trinajstić information content (AvgIpc) is 3.26. The summed E-state index contributed by atoms with van der Waals surface area (Å²) in [4.78, 5) is 13.0.